The van der Waals surface area contributed by atoms with Crippen LogP contribution in [0.4, 0.5) is 0 Å². The summed E-state index contributed by atoms with van der Waals surface area (Å²) in [6.07, 6.45) is 6.93. The second-order valence-electron chi connectivity index (χ2n) is 4.07. The van der Waals surface area contributed by atoms with Gasteiger partial charge in [0.1, 0.15) is 0 Å². The van der Waals surface area contributed by atoms with E-state index >= 15 is 0 Å². The van der Waals surface area contributed by atoms with Crippen LogP contribution in [0.5, 0.6) is 0 Å². The highest BCUT2D eigenvalue weighted by atomic mass is 32.2. The molecule has 0 amide bonds. The lowest BCUT2D eigenvalue weighted by Crippen LogP contribution is -2.32. The first-order chi connectivity index (χ1) is 8.25. The van der Waals surface area contributed by atoms with Crippen molar-refractivity contribution in [2.24, 2.45) is 0 Å². The number of thioether (sulfide) groups is 1. The third-order valence-electron chi connectivity index (χ3n) is 2.73. The summed E-state index contributed by atoms with van der Waals surface area (Å²) in [6.45, 7) is 4.28. The van der Waals surface area contributed by atoms with Gasteiger partial charge in [-0.05, 0) is 24.6 Å². The Kier molecular flexibility index (Phi) is 4.39. The van der Waals surface area contributed by atoms with Crippen LogP contribution in [-0.2, 0) is 11.3 Å². The molecule has 0 radical (unpaired) electrons. The molecule has 2 heterocycles. The maximum absolute atomic E-state index is 11.2. The molecule has 0 aromatic carbocycles. The first-order valence-electron chi connectivity index (χ1n) is 5.80. The zero-order chi connectivity index (χ0) is 12.1. The summed E-state index contributed by atoms with van der Waals surface area (Å²) in [5, 5.41) is 8.04. The number of piperidine rings is 1. The third kappa shape index (κ3) is 3.71. The number of hydrogen-bond donors (Lipinski definition) is 1. The number of hydrogen-bond acceptors (Lipinski definition) is 4. The summed E-state index contributed by atoms with van der Waals surface area (Å²) in [4.78, 5) is 11.2. The molecular formula is C12H17N3OS. The molecule has 2 rings (SSSR count). The number of nitrogens with one attached hydrogen (secondary N) is 1. The smallest absolute Gasteiger partial charge is 0.186 e. The molecule has 4 nitrogen and oxygen atoms in total. The van der Waals surface area contributed by atoms with E-state index in [1.54, 1.807) is 13.1 Å². The Morgan fingerprint density at radius 3 is 3.35 bits per heavy atom. The first kappa shape index (κ1) is 12.4. The summed E-state index contributed by atoms with van der Waals surface area (Å²) in [7, 11) is 0. The van der Waals surface area contributed by atoms with Gasteiger partial charge in [-0.2, -0.15) is 5.10 Å². The zero-order valence-corrected chi connectivity index (χ0v) is 10.7. The number of nitrogens with zero attached hydrogens (tertiary/aromatic N) is 2. The number of aromatic nitrogens is 2. The van der Waals surface area contributed by atoms with Crippen LogP contribution in [0.1, 0.15) is 13.3 Å². The molecule has 0 aliphatic carbocycles. The largest absolute Gasteiger partial charge is 0.313 e. The average Bonchev–Trinajstić information content (AvgIpc) is 2.80. The SMILES string of the molecule is CC(=O)SC1CCNCC1=CCn1cccn1. The van der Waals surface area contributed by atoms with Gasteiger partial charge >= 0.3 is 0 Å². The lowest BCUT2D eigenvalue weighted by Gasteiger charge is -2.25. The van der Waals surface area contributed by atoms with Crippen molar-refractivity contribution in [3.63, 3.8) is 0 Å². The molecular weight excluding hydrogens is 234 g/mol. The topological polar surface area (TPSA) is 46.9 Å². The minimum Gasteiger partial charge on any atom is -0.313 e. The lowest BCUT2D eigenvalue weighted by atomic mass is 10.1. The summed E-state index contributed by atoms with van der Waals surface area (Å²) in [5.41, 5.74) is 1.31. The molecule has 0 bridgehead atoms. The lowest BCUT2D eigenvalue weighted by molar-refractivity contribution is -0.109. The van der Waals surface area contributed by atoms with E-state index in [4.69, 9.17) is 0 Å². The Morgan fingerprint density at radius 2 is 2.65 bits per heavy atom. The molecule has 1 N–H and O–H groups in total. The van der Waals surface area contributed by atoms with Gasteiger partial charge in [-0.15, -0.1) is 0 Å². The van der Waals surface area contributed by atoms with Gasteiger partial charge in [0.2, 0.25) is 0 Å². The van der Waals surface area contributed by atoms with Crippen LogP contribution in [0.2, 0.25) is 0 Å². The van der Waals surface area contributed by atoms with E-state index in [1.807, 2.05) is 16.9 Å². The van der Waals surface area contributed by atoms with Gasteiger partial charge in [0.25, 0.3) is 0 Å². The Morgan fingerprint density at radius 1 is 1.76 bits per heavy atom. The summed E-state index contributed by atoms with van der Waals surface area (Å²) >= 11 is 1.44. The fraction of sp³-hybridized carbons (Fsp3) is 0.500. The standard InChI is InChI=1S/C12H17N3OS/c1-10(16)17-12-3-6-13-9-11(12)4-8-15-7-2-5-14-15/h2,4-5,7,12-13H,3,6,8-9H2,1H3. The van der Waals surface area contributed by atoms with Crippen molar-refractivity contribution in [1.82, 2.24) is 15.1 Å². The van der Waals surface area contributed by atoms with E-state index in [0.717, 1.165) is 26.1 Å². The second-order valence-corrected chi connectivity index (χ2v) is 5.45. The van der Waals surface area contributed by atoms with Crippen LogP contribution in [0, 0.1) is 0 Å². The molecule has 17 heavy (non-hydrogen) atoms. The van der Waals surface area contributed by atoms with E-state index in [2.05, 4.69) is 16.5 Å². The van der Waals surface area contributed by atoms with E-state index in [0.29, 0.717) is 5.25 Å². The molecule has 1 aliphatic heterocycles. The van der Waals surface area contributed by atoms with E-state index < -0.39 is 0 Å². The van der Waals surface area contributed by atoms with Gasteiger partial charge in [0, 0.05) is 31.1 Å². The van der Waals surface area contributed by atoms with E-state index in [1.165, 1.54) is 17.3 Å². The van der Waals surface area contributed by atoms with Crippen molar-refractivity contribution in [1.29, 1.82) is 0 Å². The monoisotopic (exact) mass is 251 g/mol. The van der Waals surface area contributed by atoms with Crippen molar-refractivity contribution in [2.75, 3.05) is 13.1 Å². The highest BCUT2D eigenvalue weighted by Crippen LogP contribution is 2.25. The van der Waals surface area contributed by atoms with Crippen LogP contribution < -0.4 is 5.32 Å². The summed E-state index contributed by atoms with van der Waals surface area (Å²) < 4.78 is 1.89. The van der Waals surface area contributed by atoms with Gasteiger partial charge < -0.3 is 5.32 Å². The van der Waals surface area contributed by atoms with Gasteiger partial charge in [0.05, 0.1) is 6.54 Å². The first-order valence-corrected chi connectivity index (χ1v) is 6.68. The van der Waals surface area contributed by atoms with Crippen molar-refractivity contribution >= 4 is 16.9 Å². The number of carbonyl (C=O) groups is 1. The molecule has 1 unspecified atom stereocenters. The average molecular weight is 251 g/mol. The number of allylic oxidation sites excluding steroid dienone is 1. The van der Waals surface area contributed by atoms with Crippen molar-refractivity contribution < 1.29 is 4.79 Å². The molecule has 0 saturated carbocycles. The third-order valence-corrected chi connectivity index (χ3v) is 3.89. The predicted octanol–water partition coefficient (Wildman–Crippen LogP) is 1.45. The zero-order valence-electron chi connectivity index (χ0n) is 9.93. The summed E-state index contributed by atoms with van der Waals surface area (Å²) in [6, 6.07) is 1.92. The Balaban J connectivity index is 2.00. The van der Waals surface area contributed by atoms with Gasteiger partial charge in [-0.3, -0.25) is 9.48 Å². The molecule has 1 aromatic heterocycles. The van der Waals surface area contributed by atoms with Crippen LogP contribution in [0.25, 0.3) is 0 Å². The molecule has 1 atom stereocenters. The molecule has 92 valence electrons. The number of rotatable bonds is 3. The van der Waals surface area contributed by atoms with E-state index in [-0.39, 0.29) is 5.12 Å². The Bertz CT molecular complexity index is 400. The molecule has 5 heteroatoms. The van der Waals surface area contributed by atoms with Crippen LogP contribution >= 0.6 is 11.8 Å². The normalized spacial score (nSPS) is 22.9. The Labute approximate surface area is 105 Å². The molecule has 1 fully saturated rings. The Hall–Kier alpha value is -1.07. The molecule has 1 aromatic rings. The predicted molar refractivity (Wildman–Crippen MR) is 69.9 cm³/mol. The maximum Gasteiger partial charge on any atom is 0.186 e. The minimum absolute atomic E-state index is 0.196. The van der Waals surface area contributed by atoms with Crippen LogP contribution in [0.15, 0.2) is 30.1 Å². The van der Waals surface area contributed by atoms with Gasteiger partial charge in [0.15, 0.2) is 5.12 Å². The summed E-state index contributed by atoms with van der Waals surface area (Å²) in [5.74, 6) is 0. The van der Waals surface area contributed by atoms with Crippen molar-refractivity contribution in [3.8, 4) is 0 Å². The van der Waals surface area contributed by atoms with Crippen molar-refractivity contribution in [3.05, 3.63) is 30.1 Å². The maximum atomic E-state index is 11.2. The van der Waals surface area contributed by atoms with Crippen LogP contribution in [0.3, 0.4) is 0 Å². The molecule has 0 spiro atoms. The highest BCUT2D eigenvalue weighted by molar-refractivity contribution is 8.14. The fourth-order valence-corrected chi connectivity index (χ4v) is 2.89. The fourth-order valence-electron chi connectivity index (χ4n) is 1.92. The van der Waals surface area contributed by atoms with Gasteiger partial charge in [-0.1, -0.05) is 17.8 Å². The molecule has 1 aliphatic rings. The quantitative estimate of drug-likeness (QED) is 0.826. The van der Waals surface area contributed by atoms with E-state index in [9.17, 15) is 4.79 Å². The number of carbonyl (C=O) groups excluding carboxylic acids is 1. The van der Waals surface area contributed by atoms with Crippen LogP contribution in [-0.4, -0.2) is 33.2 Å². The van der Waals surface area contributed by atoms with Gasteiger partial charge in [-0.25, -0.2) is 0 Å². The molecule has 1 saturated heterocycles. The second kappa shape index (κ2) is 6.02. The van der Waals surface area contributed by atoms with Crippen molar-refractivity contribution in [2.45, 2.75) is 25.1 Å². The minimum atomic E-state index is 0.196. The highest BCUT2D eigenvalue weighted by Gasteiger charge is 2.20.